The Balaban J connectivity index is -0.000000125. The molecule has 2 aromatic carbocycles. The fourth-order valence-electron chi connectivity index (χ4n) is 0.642. The van der Waals surface area contributed by atoms with E-state index >= 15 is 0 Å². The molecule has 0 aliphatic heterocycles. The molecule has 0 spiro atoms. The first-order chi connectivity index (χ1) is 5.00. The van der Waals surface area contributed by atoms with Crippen molar-refractivity contribution in [1.82, 2.24) is 0 Å². The average molecular weight is 304 g/mol. The molecule has 0 aromatic heterocycles. The first-order valence-corrected chi connectivity index (χ1v) is 3.33. The van der Waals surface area contributed by atoms with Gasteiger partial charge in [-0.15, -0.1) is 24.8 Å². The Morgan fingerprint density at radius 1 is 0.615 bits per heavy atom. The van der Waals surface area contributed by atoms with E-state index in [2.05, 4.69) is 0 Å². The molecule has 2 aromatic rings. The summed E-state index contributed by atoms with van der Waals surface area (Å²) >= 11 is 0. The van der Waals surface area contributed by atoms with Gasteiger partial charge in [0.05, 0.1) is 0 Å². The van der Waals surface area contributed by atoms with Crippen molar-refractivity contribution in [3.05, 3.63) is 60.7 Å². The summed E-state index contributed by atoms with van der Waals surface area (Å²) in [6.45, 7) is 0. The first-order valence-electron chi connectivity index (χ1n) is 3.33. The maximum absolute atomic E-state index is 2.00. The van der Waals surface area contributed by atoms with Crippen LogP contribution in [-0.4, -0.2) is 0 Å². The first kappa shape index (κ1) is 18.6. The van der Waals surface area contributed by atoms with E-state index in [1.165, 1.54) is 0 Å². The van der Waals surface area contributed by atoms with E-state index in [1.54, 1.807) is 0 Å². The van der Waals surface area contributed by atoms with Gasteiger partial charge in [-0.05, 0) is 0 Å². The summed E-state index contributed by atoms with van der Waals surface area (Å²) in [7, 11) is 0. The predicted molar refractivity (Wildman–Crippen MR) is 58.6 cm³/mol. The number of hydrogen-bond donors (Lipinski definition) is 0. The molecule has 0 bridgehead atoms. The second-order valence-corrected chi connectivity index (χ2v) is 1.92. The fourth-order valence-corrected chi connectivity index (χ4v) is 0.642. The molecule has 2 rings (SSSR count). The summed E-state index contributed by atoms with van der Waals surface area (Å²) in [5.74, 6) is 0. The summed E-state index contributed by atoms with van der Waals surface area (Å²) < 4.78 is 0. The van der Waals surface area contributed by atoms with Crippen LogP contribution in [0.3, 0.4) is 0 Å². The SMILES string of the molecule is Cl.Cl.[Ru].[cH-]1[cH-][cH-][cH-][cH-]1.c1cc[cH-]c1. The minimum absolute atomic E-state index is 0. The van der Waals surface area contributed by atoms with Gasteiger partial charge < -0.3 is 30.3 Å². The summed E-state index contributed by atoms with van der Waals surface area (Å²) in [4.78, 5) is 0. The van der Waals surface area contributed by atoms with E-state index in [4.69, 9.17) is 0 Å². The topological polar surface area (TPSA) is 0 Å². The van der Waals surface area contributed by atoms with Gasteiger partial charge in [0.2, 0.25) is 0 Å². The van der Waals surface area contributed by atoms with Crippen molar-refractivity contribution >= 4 is 24.8 Å². The minimum atomic E-state index is 0. The van der Waals surface area contributed by atoms with Gasteiger partial charge >= 0.3 is 0 Å². The Bertz CT molecular complexity index is 152. The number of halogens is 2. The summed E-state index contributed by atoms with van der Waals surface area (Å²) in [6, 6.07) is 20.0. The second kappa shape index (κ2) is 14.4. The molecule has 0 aliphatic carbocycles. The molecule has 0 heterocycles. The molecule has 0 unspecified atom stereocenters. The van der Waals surface area contributed by atoms with Gasteiger partial charge in [-0.2, -0.15) is 18.2 Å². The third kappa shape index (κ3) is 11.9. The van der Waals surface area contributed by atoms with Crippen molar-refractivity contribution in [3.63, 3.8) is 0 Å². The molecule has 0 N–H and O–H groups in total. The largest absolute Gasteiger partial charge is 0.748 e. The zero-order valence-corrected chi connectivity index (χ0v) is 10.3. The van der Waals surface area contributed by atoms with Crippen molar-refractivity contribution in [2.24, 2.45) is 0 Å². The monoisotopic (exact) mass is 304 g/mol. The van der Waals surface area contributed by atoms with E-state index in [0.717, 1.165) is 0 Å². The van der Waals surface area contributed by atoms with Crippen LogP contribution in [0.1, 0.15) is 0 Å². The summed E-state index contributed by atoms with van der Waals surface area (Å²) in [5.41, 5.74) is 0. The predicted octanol–water partition coefficient (Wildman–Crippen LogP) is 3.65. The maximum Gasteiger partial charge on any atom is 0 e. The molecule has 0 amide bonds. The number of hydrogen-bond acceptors (Lipinski definition) is 0. The Kier molecular flexibility index (Phi) is 20.7. The van der Waals surface area contributed by atoms with E-state index in [1.807, 2.05) is 60.7 Å². The molecule has 13 heavy (non-hydrogen) atoms. The molecule has 0 fully saturated rings. The quantitative estimate of drug-likeness (QED) is 0.515. The molecule has 3 heteroatoms. The van der Waals surface area contributed by atoms with Crippen LogP contribution in [0.15, 0.2) is 60.7 Å². The van der Waals surface area contributed by atoms with Crippen LogP contribution in [-0.2, 0) is 19.5 Å². The van der Waals surface area contributed by atoms with Crippen LogP contribution in [0.4, 0.5) is 0 Å². The van der Waals surface area contributed by atoms with Crippen LogP contribution in [0, 0.1) is 0 Å². The standard InChI is InChI=1S/2C5H5.2ClH.Ru/c2*1-2-4-5-3-1;;;/h2*1-5H;2*1H;/q-5;-1;;;. The summed E-state index contributed by atoms with van der Waals surface area (Å²) in [5, 5.41) is 0. The molecule has 0 aliphatic rings. The Morgan fingerprint density at radius 2 is 0.923 bits per heavy atom. The Hall–Kier alpha value is -0.0966. The van der Waals surface area contributed by atoms with Crippen LogP contribution < -0.4 is 0 Å². The minimum Gasteiger partial charge on any atom is -0.748 e. The molecular formula is C10H12Cl2Ru-6. The third-order valence-electron chi connectivity index (χ3n) is 1.11. The zero-order chi connectivity index (χ0) is 7.07. The van der Waals surface area contributed by atoms with E-state index in [9.17, 15) is 0 Å². The van der Waals surface area contributed by atoms with E-state index < -0.39 is 0 Å². The van der Waals surface area contributed by atoms with Crippen molar-refractivity contribution in [1.29, 1.82) is 0 Å². The van der Waals surface area contributed by atoms with Crippen LogP contribution in [0.5, 0.6) is 0 Å². The third-order valence-corrected chi connectivity index (χ3v) is 1.11. The molecule has 0 saturated carbocycles. The van der Waals surface area contributed by atoms with E-state index in [-0.39, 0.29) is 44.3 Å². The van der Waals surface area contributed by atoms with E-state index in [0.29, 0.717) is 0 Å². The smallest absolute Gasteiger partial charge is 0 e. The fraction of sp³-hybridized carbons (Fsp3) is 0. The van der Waals surface area contributed by atoms with Crippen LogP contribution in [0.2, 0.25) is 0 Å². The van der Waals surface area contributed by atoms with Gasteiger partial charge in [0, 0.05) is 19.5 Å². The maximum atomic E-state index is 2.00. The van der Waals surface area contributed by atoms with Crippen molar-refractivity contribution < 1.29 is 19.5 Å². The second-order valence-electron chi connectivity index (χ2n) is 1.92. The van der Waals surface area contributed by atoms with Crippen molar-refractivity contribution in [2.45, 2.75) is 0 Å². The number of rotatable bonds is 0. The zero-order valence-electron chi connectivity index (χ0n) is 6.94. The van der Waals surface area contributed by atoms with Crippen LogP contribution in [0.25, 0.3) is 0 Å². The van der Waals surface area contributed by atoms with Crippen molar-refractivity contribution in [3.8, 4) is 0 Å². The van der Waals surface area contributed by atoms with Gasteiger partial charge in [-0.1, -0.05) is 0 Å². The Labute approximate surface area is 105 Å². The van der Waals surface area contributed by atoms with Gasteiger partial charge in [-0.3, -0.25) is 0 Å². The molecule has 80 valence electrons. The van der Waals surface area contributed by atoms with Gasteiger partial charge in [0.25, 0.3) is 0 Å². The Morgan fingerprint density at radius 3 is 1.08 bits per heavy atom. The summed E-state index contributed by atoms with van der Waals surface area (Å²) in [6.07, 6.45) is 0. The van der Waals surface area contributed by atoms with Gasteiger partial charge in [-0.25, -0.2) is 12.1 Å². The molecule has 0 nitrogen and oxygen atoms in total. The van der Waals surface area contributed by atoms with Gasteiger partial charge in [0.15, 0.2) is 0 Å². The molecule has 0 radical (unpaired) electrons. The molecular weight excluding hydrogens is 292 g/mol. The normalized spacial score (nSPS) is 6.15. The van der Waals surface area contributed by atoms with Crippen LogP contribution >= 0.6 is 24.8 Å². The molecule has 0 saturated heterocycles. The van der Waals surface area contributed by atoms with Crippen molar-refractivity contribution in [2.75, 3.05) is 0 Å². The van der Waals surface area contributed by atoms with Gasteiger partial charge in [0.1, 0.15) is 0 Å². The average Bonchev–Trinajstić information content (AvgIpc) is 2.67. The molecule has 0 atom stereocenters.